The molecule has 1 fully saturated rings. The normalized spacial score (nSPS) is 16.6. The van der Waals surface area contributed by atoms with Crippen molar-refractivity contribution in [2.75, 3.05) is 20.1 Å². The fourth-order valence-electron chi connectivity index (χ4n) is 3.09. The topological polar surface area (TPSA) is 44.4 Å². The lowest BCUT2D eigenvalue weighted by molar-refractivity contribution is 0.187. The van der Waals surface area contributed by atoms with Crippen LogP contribution in [0.15, 0.2) is 42.5 Å². The van der Waals surface area contributed by atoms with Gasteiger partial charge in [-0.25, -0.2) is 4.79 Å². The third kappa shape index (κ3) is 3.57. The van der Waals surface area contributed by atoms with E-state index < -0.39 is 0 Å². The van der Waals surface area contributed by atoms with Gasteiger partial charge < -0.3 is 10.6 Å². The van der Waals surface area contributed by atoms with Gasteiger partial charge in [-0.2, -0.15) is 0 Å². The summed E-state index contributed by atoms with van der Waals surface area (Å²) in [4.78, 5) is 13.8. The van der Waals surface area contributed by atoms with E-state index in [1.54, 1.807) is 7.05 Å². The second kappa shape index (κ2) is 6.79. The number of nitrogens with zero attached hydrogens (tertiary/aromatic N) is 1. The molecule has 0 spiro atoms. The second-order valence-corrected chi connectivity index (χ2v) is 5.96. The Morgan fingerprint density at radius 1 is 1.14 bits per heavy atom. The lowest BCUT2D eigenvalue weighted by atomic mass is 10.0. The zero-order chi connectivity index (χ0) is 15.4. The molecule has 0 aromatic heterocycles. The standard InChI is InChI=1S/C18H23N3O/c1-19-18(22)20-17-8-10-21(11-9-17)13-14-6-7-15-4-2-3-5-16(15)12-14/h2-7,12,17H,8-11,13H2,1H3,(H2,19,20,22). The van der Waals surface area contributed by atoms with Gasteiger partial charge in [0, 0.05) is 32.7 Å². The maximum Gasteiger partial charge on any atom is 0.314 e. The number of carbonyl (C=O) groups excluding carboxylic acids is 1. The smallest absolute Gasteiger partial charge is 0.314 e. The monoisotopic (exact) mass is 297 g/mol. The van der Waals surface area contributed by atoms with E-state index >= 15 is 0 Å². The zero-order valence-electron chi connectivity index (χ0n) is 13.0. The Labute approximate surface area is 131 Å². The molecule has 22 heavy (non-hydrogen) atoms. The van der Waals surface area contributed by atoms with Gasteiger partial charge in [-0.15, -0.1) is 0 Å². The van der Waals surface area contributed by atoms with Crippen LogP contribution in [0.3, 0.4) is 0 Å². The molecule has 1 saturated heterocycles. The molecule has 1 aliphatic rings. The van der Waals surface area contributed by atoms with Gasteiger partial charge in [0.2, 0.25) is 0 Å². The minimum absolute atomic E-state index is 0.0759. The number of hydrogen-bond acceptors (Lipinski definition) is 2. The number of hydrogen-bond donors (Lipinski definition) is 2. The molecule has 1 aliphatic heterocycles. The maximum absolute atomic E-state index is 11.3. The quantitative estimate of drug-likeness (QED) is 0.915. The molecule has 0 radical (unpaired) electrons. The van der Waals surface area contributed by atoms with E-state index in [2.05, 4.69) is 58.0 Å². The highest BCUT2D eigenvalue weighted by molar-refractivity contribution is 5.82. The number of benzene rings is 2. The molecule has 4 nitrogen and oxygen atoms in total. The van der Waals surface area contributed by atoms with E-state index in [1.807, 2.05) is 0 Å². The summed E-state index contributed by atoms with van der Waals surface area (Å²) < 4.78 is 0. The van der Waals surface area contributed by atoms with E-state index in [0.29, 0.717) is 6.04 Å². The Balaban J connectivity index is 1.56. The Morgan fingerprint density at radius 3 is 2.59 bits per heavy atom. The van der Waals surface area contributed by atoms with Gasteiger partial charge >= 0.3 is 6.03 Å². The molecule has 1 heterocycles. The number of piperidine rings is 1. The van der Waals surface area contributed by atoms with Gasteiger partial charge in [0.05, 0.1) is 0 Å². The summed E-state index contributed by atoms with van der Waals surface area (Å²) >= 11 is 0. The van der Waals surface area contributed by atoms with E-state index in [0.717, 1.165) is 32.5 Å². The van der Waals surface area contributed by atoms with Crippen LogP contribution in [0.5, 0.6) is 0 Å². The first-order chi connectivity index (χ1) is 10.7. The van der Waals surface area contributed by atoms with E-state index in [1.165, 1.54) is 16.3 Å². The summed E-state index contributed by atoms with van der Waals surface area (Å²) in [6.45, 7) is 3.04. The van der Waals surface area contributed by atoms with E-state index in [4.69, 9.17) is 0 Å². The SMILES string of the molecule is CNC(=O)NC1CCN(Cc2ccc3ccccc3c2)CC1. The van der Waals surface area contributed by atoms with Crippen LogP contribution in [0, 0.1) is 0 Å². The van der Waals surface area contributed by atoms with Crippen molar-refractivity contribution >= 4 is 16.8 Å². The zero-order valence-corrected chi connectivity index (χ0v) is 13.0. The van der Waals surface area contributed by atoms with Gasteiger partial charge in [-0.1, -0.05) is 36.4 Å². The van der Waals surface area contributed by atoms with E-state index in [9.17, 15) is 4.79 Å². The van der Waals surface area contributed by atoms with Gasteiger partial charge in [-0.3, -0.25) is 4.90 Å². The Bertz CT molecular complexity index is 648. The van der Waals surface area contributed by atoms with Crippen LogP contribution in [0.4, 0.5) is 4.79 Å². The highest BCUT2D eigenvalue weighted by atomic mass is 16.2. The predicted molar refractivity (Wildman–Crippen MR) is 89.8 cm³/mol. The Kier molecular flexibility index (Phi) is 4.59. The number of rotatable bonds is 3. The van der Waals surface area contributed by atoms with Crippen LogP contribution in [-0.4, -0.2) is 37.1 Å². The number of fused-ring (bicyclic) bond motifs is 1. The first-order valence-electron chi connectivity index (χ1n) is 7.93. The lowest BCUT2D eigenvalue weighted by Gasteiger charge is -2.32. The van der Waals surface area contributed by atoms with Crippen molar-refractivity contribution < 1.29 is 4.79 Å². The van der Waals surface area contributed by atoms with Crippen LogP contribution in [-0.2, 0) is 6.54 Å². The number of amides is 2. The Morgan fingerprint density at radius 2 is 1.86 bits per heavy atom. The van der Waals surface area contributed by atoms with E-state index in [-0.39, 0.29) is 6.03 Å². The molecule has 116 valence electrons. The number of likely N-dealkylation sites (tertiary alicyclic amines) is 1. The molecule has 0 bridgehead atoms. The molecule has 2 amide bonds. The first-order valence-corrected chi connectivity index (χ1v) is 7.93. The minimum Gasteiger partial charge on any atom is -0.341 e. The van der Waals surface area contributed by atoms with Gasteiger partial charge in [0.1, 0.15) is 0 Å². The average molecular weight is 297 g/mol. The van der Waals surface area contributed by atoms with Crippen molar-refractivity contribution in [2.24, 2.45) is 0 Å². The molecule has 0 saturated carbocycles. The van der Waals surface area contributed by atoms with Gasteiger partial charge in [0.25, 0.3) is 0 Å². The average Bonchev–Trinajstić information content (AvgIpc) is 2.56. The molecule has 0 aliphatic carbocycles. The van der Waals surface area contributed by atoms with Crippen LogP contribution >= 0.6 is 0 Å². The summed E-state index contributed by atoms with van der Waals surface area (Å²) in [5.41, 5.74) is 1.36. The highest BCUT2D eigenvalue weighted by Gasteiger charge is 2.20. The van der Waals surface area contributed by atoms with Crippen molar-refractivity contribution in [3.05, 3.63) is 48.0 Å². The molecular formula is C18H23N3O. The van der Waals surface area contributed by atoms with Crippen molar-refractivity contribution in [2.45, 2.75) is 25.4 Å². The van der Waals surface area contributed by atoms with Crippen LogP contribution in [0.2, 0.25) is 0 Å². The largest absolute Gasteiger partial charge is 0.341 e. The van der Waals surface area contributed by atoms with Crippen LogP contribution < -0.4 is 10.6 Å². The molecule has 4 heteroatoms. The summed E-state index contributed by atoms with van der Waals surface area (Å²) in [5, 5.41) is 8.21. The van der Waals surface area contributed by atoms with Crippen molar-refractivity contribution in [3.8, 4) is 0 Å². The summed E-state index contributed by atoms with van der Waals surface area (Å²) in [5.74, 6) is 0. The summed E-state index contributed by atoms with van der Waals surface area (Å²) in [7, 11) is 1.66. The third-order valence-corrected chi connectivity index (χ3v) is 4.37. The lowest BCUT2D eigenvalue weighted by Crippen LogP contribution is -2.46. The molecule has 3 rings (SSSR count). The van der Waals surface area contributed by atoms with Crippen molar-refractivity contribution in [1.82, 2.24) is 15.5 Å². The van der Waals surface area contributed by atoms with Crippen LogP contribution in [0.1, 0.15) is 18.4 Å². The molecular weight excluding hydrogens is 274 g/mol. The predicted octanol–water partition coefficient (Wildman–Crippen LogP) is 2.73. The number of carbonyl (C=O) groups is 1. The van der Waals surface area contributed by atoms with Gasteiger partial charge in [-0.05, 0) is 35.2 Å². The fraction of sp³-hybridized carbons (Fsp3) is 0.389. The molecule has 2 aromatic rings. The first kappa shape index (κ1) is 14.9. The molecule has 2 N–H and O–H groups in total. The Hall–Kier alpha value is -2.07. The third-order valence-electron chi connectivity index (χ3n) is 4.37. The maximum atomic E-state index is 11.3. The molecule has 2 aromatic carbocycles. The van der Waals surface area contributed by atoms with Crippen molar-refractivity contribution in [1.29, 1.82) is 0 Å². The number of nitrogens with one attached hydrogen (secondary N) is 2. The summed E-state index contributed by atoms with van der Waals surface area (Å²) in [6.07, 6.45) is 2.03. The minimum atomic E-state index is -0.0759. The highest BCUT2D eigenvalue weighted by Crippen LogP contribution is 2.19. The summed E-state index contributed by atoms with van der Waals surface area (Å²) in [6, 6.07) is 15.4. The number of urea groups is 1. The van der Waals surface area contributed by atoms with Crippen LogP contribution in [0.25, 0.3) is 10.8 Å². The molecule has 0 unspecified atom stereocenters. The van der Waals surface area contributed by atoms with Gasteiger partial charge in [0.15, 0.2) is 0 Å². The second-order valence-electron chi connectivity index (χ2n) is 5.96. The molecule has 0 atom stereocenters. The fourth-order valence-corrected chi connectivity index (χ4v) is 3.09. The van der Waals surface area contributed by atoms with Crippen molar-refractivity contribution in [3.63, 3.8) is 0 Å².